The molecule has 0 aromatic heterocycles. The first-order chi connectivity index (χ1) is 37.6. The molecule has 1 aliphatic heterocycles. The van der Waals surface area contributed by atoms with Crippen LogP contribution in [0.3, 0.4) is 0 Å². The molecule has 0 saturated heterocycles. The van der Waals surface area contributed by atoms with E-state index < -0.39 is 0 Å². The van der Waals surface area contributed by atoms with E-state index >= 15 is 0 Å². The molecule has 0 bridgehead atoms. The quantitative estimate of drug-likeness (QED) is 0.0868. The minimum Gasteiger partial charge on any atom is -0.496 e. The second-order valence-corrected chi connectivity index (χ2v) is 18.6. The Kier molecular flexibility index (Phi) is 13.3. The fourth-order valence-electron chi connectivity index (χ4n) is 9.92. The third kappa shape index (κ3) is 10.0. The van der Waals surface area contributed by atoms with Crippen LogP contribution in [-0.2, 0) is 4.74 Å². The van der Waals surface area contributed by atoms with Crippen LogP contribution >= 0.6 is 0 Å². The van der Waals surface area contributed by atoms with E-state index in [0.717, 1.165) is 102 Å². The molecular weight excluding hydrogens is 927 g/mol. The average molecular weight is 980 g/mol. The van der Waals surface area contributed by atoms with Gasteiger partial charge in [0, 0.05) is 40.2 Å². The highest BCUT2D eigenvalue weighted by atomic mass is 16.5. The van der Waals surface area contributed by atoms with Crippen LogP contribution < -0.4 is 19.9 Å². The molecule has 0 atom stereocenters. The molecule has 12 rings (SSSR count). The van der Waals surface area contributed by atoms with Crippen molar-refractivity contribution in [3.63, 3.8) is 0 Å². The van der Waals surface area contributed by atoms with Gasteiger partial charge in [-0.2, -0.15) is 0 Å². The summed E-state index contributed by atoms with van der Waals surface area (Å²) in [5.41, 5.74) is 17.7. The van der Waals surface area contributed by atoms with Gasteiger partial charge >= 0.3 is 0 Å². The van der Waals surface area contributed by atoms with E-state index in [1.807, 2.05) is 85.1 Å². The van der Waals surface area contributed by atoms with Gasteiger partial charge in [0.1, 0.15) is 5.76 Å². The zero-order valence-electron chi connectivity index (χ0n) is 42.0. The molecule has 0 saturated carbocycles. The molecule has 76 heavy (non-hydrogen) atoms. The van der Waals surface area contributed by atoms with Gasteiger partial charge in [0.15, 0.2) is 11.5 Å². The van der Waals surface area contributed by atoms with E-state index in [1.165, 1.54) is 16.3 Å². The largest absolute Gasteiger partial charge is 0.496 e. The van der Waals surface area contributed by atoms with E-state index in [0.29, 0.717) is 0 Å². The van der Waals surface area contributed by atoms with Crippen molar-refractivity contribution in [3.8, 4) is 56.0 Å². The Morgan fingerprint density at radius 3 is 1.37 bits per heavy atom. The summed E-state index contributed by atoms with van der Waals surface area (Å²) in [4.78, 5) is 4.61. The molecule has 1 N–H and O–H groups in total. The van der Waals surface area contributed by atoms with Gasteiger partial charge in [0.2, 0.25) is 0 Å². The summed E-state index contributed by atoms with van der Waals surface area (Å²) < 4.78 is 12.0. The molecule has 11 aromatic rings. The molecule has 11 aromatic carbocycles. The maximum absolute atomic E-state index is 6.25. The monoisotopic (exact) mass is 979 g/mol. The van der Waals surface area contributed by atoms with Crippen LogP contribution in [0, 0.1) is 0 Å². The first-order valence-electron chi connectivity index (χ1n) is 25.6. The summed E-state index contributed by atoms with van der Waals surface area (Å²) in [6.07, 6.45) is 9.81. The number of benzene rings is 11. The van der Waals surface area contributed by atoms with Gasteiger partial charge < -0.3 is 24.6 Å². The summed E-state index contributed by atoms with van der Waals surface area (Å²) >= 11 is 0. The highest BCUT2D eigenvalue weighted by Crippen LogP contribution is 2.50. The molecule has 1 aliphatic rings. The van der Waals surface area contributed by atoms with Crippen molar-refractivity contribution < 1.29 is 9.47 Å². The molecule has 0 amide bonds. The van der Waals surface area contributed by atoms with Gasteiger partial charge in [-0.1, -0.05) is 194 Å². The summed E-state index contributed by atoms with van der Waals surface area (Å²) in [6.45, 7) is 0. The van der Waals surface area contributed by atoms with Gasteiger partial charge in [0.05, 0.1) is 18.5 Å². The smallest absolute Gasteiger partial charge is 0.151 e. The van der Waals surface area contributed by atoms with Gasteiger partial charge in [0.25, 0.3) is 0 Å². The lowest BCUT2D eigenvalue weighted by molar-refractivity contribution is 0.370. The lowest BCUT2D eigenvalue weighted by Crippen LogP contribution is -2.15. The Morgan fingerprint density at radius 2 is 0.842 bits per heavy atom. The Morgan fingerprint density at radius 1 is 0.408 bits per heavy atom. The normalized spacial score (nSPS) is 12.1. The predicted molar refractivity (Wildman–Crippen MR) is 318 cm³/mol. The van der Waals surface area contributed by atoms with Crippen LogP contribution in [0.5, 0.6) is 11.5 Å². The lowest BCUT2D eigenvalue weighted by Gasteiger charge is -2.32. The number of ether oxygens (including phenoxy) is 2. The zero-order chi connectivity index (χ0) is 51.0. The summed E-state index contributed by atoms with van der Waals surface area (Å²) in [7, 11) is 1.71. The highest BCUT2D eigenvalue weighted by Gasteiger charge is 2.25. The third-order valence-corrected chi connectivity index (χ3v) is 13.9. The van der Waals surface area contributed by atoms with E-state index in [1.54, 1.807) is 7.11 Å². The van der Waals surface area contributed by atoms with Crippen molar-refractivity contribution in [2.24, 2.45) is 0 Å². The Balaban J connectivity index is 0.743. The fraction of sp³-hybridized carbons (Fsp3) is 0.0141. The molecule has 0 unspecified atom stereocenters. The van der Waals surface area contributed by atoms with Crippen molar-refractivity contribution in [2.45, 2.75) is 0 Å². The second kappa shape index (κ2) is 21.5. The average Bonchev–Trinajstić information content (AvgIpc) is 3.51. The van der Waals surface area contributed by atoms with E-state index in [2.05, 4.69) is 227 Å². The number of hydrogen-bond acceptors (Lipinski definition) is 5. The first-order valence-corrected chi connectivity index (χ1v) is 25.6. The number of hydrogen-bond donors (Lipinski definition) is 1. The van der Waals surface area contributed by atoms with Crippen molar-refractivity contribution in [1.29, 1.82) is 0 Å². The number of nitrogens with one attached hydrogen (secondary N) is 1. The number of rotatable bonds is 14. The second-order valence-electron chi connectivity index (χ2n) is 18.6. The topological polar surface area (TPSA) is 37.0 Å². The standard InChI is InChI=1S/C71H53N3O2/c1-75-69(20-6-3-13-49-72-62-16-4-2-5-17-62)60-33-31-56(32-34-60)52-23-25-53(26-24-52)57-35-42-63(43-36-57)73(66-48-41-51-14-7-8-15-61(51)50-66)64-44-37-58(38-45-64)54-27-29-55(30-28-54)59-39-46-65(47-40-59)74-67-18-9-11-21-70(67)76-71-22-12-10-19-68(71)74/h2-50,72H,1H3/b6-3-,49-13+,69-20+. The van der Waals surface area contributed by atoms with Crippen molar-refractivity contribution >= 4 is 56.3 Å². The third-order valence-electron chi connectivity index (χ3n) is 13.9. The Labute approximate surface area is 444 Å². The molecule has 1 heterocycles. The van der Waals surface area contributed by atoms with Crippen LogP contribution in [0.15, 0.2) is 297 Å². The summed E-state index contributed by atoms with van der Waals surface area (Å²) in [6, 6.07) is 94.5. The van der Waals surface area contributed by atoms with Crippen molar-refractivity contribution in [1.82, 2.24) is 0 Å². The van der Waals surface area contributed by atoms with Gasteiger partial charge in [-0.3, -0.25) is 0 Å². The van der Waals surface area contributed by atoms with Crippen LogP contribution in [0.4, 0.5) is 39.8 Å². The van der Waals surface area contributed by atoms with E-state index in [-0.39, 0.29) is 0 Å². The molecule has 0 spiro atoms. The Bertz CT molecular complexity index is 3820. The number of methoxy groups -OCH3 is 1. The summed E-state index contributed by atoms with van der Waals surface area (Å²) in [5.74, 6) is 2.49. The van der Waals surface area contributed by atoms with Crippen molar-refractivity contribution in [3.05, 3.63) is 303 Å². The van der Waals surface area contributed by atoms with Gasteiger partial charge in [-0.05, 0) is 152 Å². The van der Waals surface area contributed by atoms with Gasteiger partial charge in [-0.15, -0.1) is 0 Å². The summed E-state index contributed by atoms with van der Waals surface area (Å²) in [5, 5.41) is 5.68. The number of para-hydroxylation sites is 5. The highest BCUT2D eigenvalue weighted by molar-refractivity contribution is 5.90. The van der Waals surface area contributed by atoms with E-state index in [4.69, 9.17) is 9.47 Å². The first kappa shape index (κ1) is 46.9. The van der Waals surface area contributed by atoms with Crippen LogP contribution in [-0.4, -0.2) is 7.11 Å². The number of fused-ring (bicyclic) bond motifs is 3. The maximum atomic E-state index is 6.25. The number of nitrogens with zero attached hydrogens (tertiary/aromatic N) is 2. The molecular formula is C71H53N3O2. The minimum atomic E-state index is 0.798. The van der Waals surface area contributed by atoms with Crippen molar-refractivity contribution in [2.75, 3.05) is 22.2 Å². The van der Waals surface area contributed by atoms with Gasteiger partial charge in [-0.25, -0.2) is 0 Å². The molecule has 5 heteroatoms. The number of anilines is 7. The maximum Gasteiger partial charge on any atom is 0.151 e. The molecule has 364 valence electrons. The lowest BCUT2D eigenvalue weighted by atomic mass is 9.98. The SMILES string of the molecule is CO/C(=C/C=C\C=C\Nc1ccccc1)c1ccc(-c2ccc(-c3ccc(N(c4ccc(-c5ccc(-c6ccc(N7c8ccccc8Oc8ccccc87)cc6)cc5)cc4)c4ccc5ccccc5c4)cc3)cc2)cc1. The Hall–Kier alpha value is -10.1. The van der Waals surface area contributed by atoms with Crippen LogP contribution in [0.1, 0.15) is 5.56 Å². The zero-order valence-corrected chi connectivity index (χ0v) is 42.0. The minimum absolute atomic E-state index is 0.798. The molecule has 5 nitrogen and oxygen atoms in total. The molecule has 0 fully saturated rings. The predicted octanol–water partition coefficient (Wildman–Crippen LogP) is 19.7. The number of allylic oxidation sites excluding steroid dienone is 4. The van der Waals surface area contributed by atoms with Crippen LogP contribution in [0.25, 0.3) is 61.0 Å². The van der Waals surface area contributed by atoms with E-state index in [9.17, 15) is 0 Å². The fourth-order valence-corrected chi connectivity index (χ4v) is 9.92. The molecule has 0 aliphatic carbocycles. The molecule has 0 radical (unpaired) electrons. The van der Waals surface area contributed by atoms with Crippen LogP contribution in [0.2, 0.25) is 0 Å².